The van der Waals surface area contributed by atoms with E-state index >= 15 is 0 Å². The van der Waals surface area contributed by atoms with Gasteiger partial charge in [-0.25, -0.2) is 0 Å². The molecule has 0 aliphatic heterocycles. The zero-order valence-corrected chi connectivity index (χ0v) is 10.4. The number of rotatable bonds is 4. The van der Waals surface area contributed by atoms with Gasteiger partial charge in [0.05, 0.1) is 0 Å². The first kappa shape index (κ1) is 11.6. The quantitative estimate of drug-likeness (QED) is 0.863. The Hall–Kier alpha value is -0.870. The largest absolute Gasteiger partial charge is 0.460 e. The van der Waals surface area contributed by atoms with Crippen LogP contribution in [0.4, 0.5) is 0 Å². The summed E-state index contributed by atoms with van der Waals surface area (Å²) in [6.07, 6.45) is 2.10. The number of halogens is 1. The van der Waals surface area contributed by atoms with Crippen molar-refractivity contribution in [1.82, 2.24) is 0 Å². The molecule has 1 saturated carbocycles. The van der Waals surface area contributed by atoms with E-state index in [9.17, 15) is 4.79 Å². The third-order valence-electron chi connectivity index (χ3n) is 2.70. The highest BCUT2D eigenvalue weighted by atomic mass is 79.9. The van der Waals surface area contributed by atoms with Crippen LogP contribution in [0.25, 0.3) is 0 Å². The summed E-state index contributed by atoms with van der Waals surface area (Å²) in [7, 11) is 0. The average Bonchev–Trinajstić information content (AvgIpc) is 3.11. The number of nitrogens with two attached hydrogens (primary N) is 1. The van der Waals surface area contributed by atoms with Crippen LogP contribution in [0.5, 0.6) is 0 Å². The molecule has 0 heterocycles. The van der Waals surface area contributed by atoms with Crippen LogP contribution < -0.4 is 5.73 Å². The standard InChI is InChI=1S/C12H14BrNO2/c13-10-5-1-8(2-6-10)7-16-12(15)11(14)9-3-4-9/h1-2,5-6,9,11H,3-4,7,14H2. The molecule has 1 aromatic rings. The summed E-state index contributed by atoms with van der Waals surface area (Å²) < 4.78 is 6.16. The Labute approximate surface area is 103 Å². The van der Waals surface area contributed by atoms with Gasteiger partial charge in [-0.2, -0.15) is 0 Å². The van der Waals surface area contributed by atoms with Gasteiger partial charge in [0.15, 0.2) is 0 Å². The van der Waals surface area contributed by atoms with Crippen LogP contribution in [0.1, 0.15) is 18.4 Å². The second-order valence-corrected chi connectivity index (χ2v) is 5.01. The zero-order valence-electron chi connectivity index (χ0n) is 8.86. The van der Waals surface area contributed by atoms with E-state index in [1.54, 1.807) is 0 Å². The number of ether oxygens (including phenoxy) is 1. The Kier molecular flexibility index (Phi) is 3.61. The number of carbonyl (C=O) groups excluding carboxylic acids is 1. The number of hydrogen-bond acceptors (Lipinski definition) is 3. The van der Waals surface area contributed by atoms with Gasteiger partial charge in [-0.15, -0.1) is 0 Å². The fourth-order valence-electron chi connectivity index (χ4n) is 1.48. The zero-order chi connectivity index (χ0) is 11.5. The van der Waals surface area contributed by atoms with E-state index in [4.69, 9.17) is 10.5 Å². The second-order valence-electron chi connectivity index (χ2n) is 4.10. The van der Waals surface area contributed by atoms with Gasteiger partial charge in [-0.3, -0.25) is 4.79 Å². The van der Waals surface area contributed by atoms with E-state index in [2.05, 4.69) is 15.9 Å². The summed E-state index contributed by atoms with van der Waals surface area (Å²) in [4.78, 5) is 11.5. The first-order valence-electron chi connectivity index (χ1n) is 5.33. The van der Waals surface area contributed by atoms with Gasteiger partial charge in [0, 0.05) is 4.47 Å². The molecule has 0 saturated heterocycles. The van der Waals surface area contributed by atoms with E-state index in [1.165, 1.54) is 0 Å². The molecule has 0 spiro atoms. The minimum atomic E-state index is -0.435. The minimum absolute atomic E-state index is 0.287. The SMILES string of the molecule is NC(C(=O)OCc1ccc(Br)cc1)C1CC1. The highest BCUT2D eigenvalue weighted by Crippen LogP contribution is 2.32. The Bertz CT molecular complexity index is 373. The lowest BCUT2D eigenvalue weighted by Gasteiger charge is -2.10. The molecule has 1 atom stereocenters. The van der Waals surface area contributed by atoms with Gasteiger partial charge < -0.3 is 10.5 Å². The van der Waals surface area contributed by atoms with Crippen molar-refractivity contribution >= 4 is 21.9 Å². The van der Waals surface area contributed by atoms with Crippen molar-refractivity contribution in [3.8, 4) is 0 Å². The topological polar surface area (TPSA) is 52.3 Å². The van der Waals surface area contributed by atoms with E-state index in [1.807, 2.05) is 24.3 Å². The lowest BCUT2D eigenvalue weighted by atomic mass is 10.2. The van der Waals surface area contributed by atoms with Crippen LogP contribution in [0.15, 0.2) is 28.7 Å². The first-order chi connectivity index (χ1) is 7.66. The molecule has 3 nitrogen and oxygen atoms in total. The van der Waals surface area contributed by atoms with E-state index in [-0.39, 0.29) is 5.97 Å². The highest BCUT2D eigenvalue weighted by Gasteiger charge is 2.34. The predicted octanol–water partition coefficient (Wildman–Crippen LogP) is 2.23. The van der Waals surface area contributed by atoms with Crippen LogP contribution in [0.2, 0.25) is 0 Å². The van der Waals surface area contributed by atoms with Crippen LogP contribution >= 0.6 is 15.9 Å². The second kappa shape index (κ2) is 4.97. The van der Waals surface area contributed by atoms with Crippen molar-refractivity contribution in [3.05, 3.63) is 34.3 Å². The summed E-state index contributed by atoms with van der Waals surface area (Å²) in [5.74, 6) is 0.0582. The van der Waals surface area contributed by atoms with Gasteiger partial charge in [0.25, 0.3) is 0 Å². The third-order valence-corrected chi connectivity index (χ3v) is 3.23. The summed E-state index contributed by atoms with van der Waals surface area (Å²) in [5, 5.41) is 0. The van der Waals surface area contributed by atoms with Crippen molar-refractivity contribution in [2.75, 3.05) is 0 Å². The molecule has 1 aliphatic rings. The maximum atomic E-state index is 11.5. The number of esters is 1. The molecule has 0 bridgehead atoms. The number of hydrogen-bond donors (Lipinski definition) is 1. The Balaban J connectivity index is 1.82. The summed E-state index contributed by atoms with van der Waals surface area (Å²) in [5.41, 5.74) is 6.70. The summed E-state index contributed by atoms with van der Waals surface area (Å²) >= 11 is 3.35. The van der Waals surface area contributed by atoms with Gasteiger partial charge in [-0.1, -0.05) is 28.1 Å². The van der Waals surface area contributed by atoms with Gasteiger partial charge >= 0.3 is 5.97 Å². The van der Waals surface area contributed by atoms with Crippen LogP contribution in [-0.2, 0) is 16.1 Å². The number of benzene rings is 1. The molecule has 1 fully saturated rings. The molecule has 1 aromatic carbocycles. The fourth-order valence-corrected chi connectivity index (χ4v) is 1.74. The Morgan fingerprint density at radius 2 is 2.06 bits per heavy atom. The Morgan fingerprint density at radius 1 is 1.44 bits per heavy atom. The monoisotopic (exact) mass is 283 g/mol. The molecule has 1 aliphatic carbocycles. The molecular formula is C12H14BrNO2. The van der Waals surface area contributed by atoms with Gasteiger partial charge in [0.2, 0.25) is 0 Å². The molecule has 2 rings (SSSR count). The van der Waals surface area contributed by atoms with Gasteiger partial charge in [-0.05, 0) is 36.5 Å². The van der Waals surface area contributed by atoms with Crippen LogP contribution in [0.3, 0.4) is 0 Å². The summed E-state index contributed by atoms with van der Waals surface area (Å²) in [6, 6.07) is 7.24. The third kappa shape index (κ3) is 3.06. The lowest BCUT2D eigenvalue weighted by Crippen LogP contribution is -2.34. The van der Waals surface area contributed by atoms with E-state index in [0.717, 1.165) is 22.9 Å². The predicted molar refractivity (Wildman–Crippen MR) is 64.6 cm³/mol. The van der Waals surface area contributed by atoms with Crippen molar-refractivity contribution in [2.24, 2.45) is 11.7 Å². The molecule has 0 radical (unpaired) electrons. The molecule has 16 heavy (non-hydrogen) atoms. The van der Waals surface area contributed by atoms with E-state index < -0.39 is 6.04 Å². The number of carbonyl (C=O) groups is 1. The molecule has 0 amide bonds. The Morgan fingerprint density at radius 3 is 2.62 bits per heavy atom. The fraction of sp³-hybridized carbons (Fsp3) is 0.417. The molecule has 86 valence electrons. The van der Waals surface area contributed by atoms with Crippen molar-refractivity contribution in [1.29, 1.82) is 0 Å². The first-order valence-corrected chi connectivity index (χ1v) is 6.13. The van der Waals surface area contributed by atoms with Crippen LogP contribution in [0, 0.1) is 5.92 Å². The normalized spacial score (nSPS) is 16.9. The summed E-state index contributed by atoms with van der Waals surface area (Å²) in [6.45, 7) is 0.298. The molecule has 0 aromatic heterocycles. The highest BCUT2D eigenvalue weighted by molar-refractivity contribution is 9.10. The molecule has 1 unspecified atom stereocenters. The average molecular weight is 284 g/mol. The maximum Gasteiger partial charge on any atom is 0.323 e. The molecular weight excluding hydrogens is 270 g/mol. The maximum absolute atomic E-state index is 11.5. The van der Waals surface area contributed by atoms with Crippen molar-refractivity contribution in [3.63, 3.8) is 0 Å². The smallest absolute Gasteiger partial charge is 0.323 e. The lowest BCUT2D eigenvalue weighted by molar-refractivity contribution is -0.147. The van der Waals surface area contributed by atoms with E-state index in [0.29, 0.717) is 12.5 Å². The van der Waals surface area contributed by atoms with Crippen molar-refractivity contribution < 1.29 is 9.53 Å². The van der Waals surface area contributed by atoms with Gasteiger partial charge in [0.1, 0.15) is 12.6 Å². The minimum Gasteiger partial charge on any atom is -0.460 e. The molecule has 2 N–H and O–H groups in total. The molecule has 4 heteroatoms. The van der Waals surface area contributed by atoms with Crippen LogP contribution in [-0.4, -0.2) is 12.0 Å². The van der Waals surface area contributed by atoms with Crippen molar-refractivity contribution in [2.45, 2.75) is 25.5 Å².